The van der Waals surface area contributed by atoms with Crippen LogP contribution in [0, 0.1) is 5.92 Å². The lowest BCUT2D eigenvalue weighted by Crippen LogP contribution is -2.35. The van der Waals surface area contributed by atoms with Crippen LogP contribution in [0.15, 0.2) is 53.8 Å². The summed E-state index contributed by atoms with van der Waals surface area (Å²) in [6, 6.07) is 15.0. The molecule has 2 unspecified atom stereocenters. The third-order valence-corrected chi connectivity index (χ3v) is 7.69. The Hall–Kier alpha value is -2.58. The van der Waals surface area contributed by atoms with Crippen molar-refractivity contribution in [2.75, 3.05) is 43.9 Å². The number of ether oxygens (including phenoxy) is 1. The third kappa shape index (κ3) is 4.34. The molecule has 4 heterocycles. The zero-order valence-electron chi connectivity index (χ0n) is 18.7. The van der Waals surface area contributed by atoms with E-state index in [1.54, 1.807) is 25.1 Å². The van der Waals surface area contributed by atoms with Gasteiger partial charge in [-0.2, -0.15) is 0 Å². The average Bonchev–Trinajstić information content (AvgIpc) is 3.52. The lowest BCUT2D eigenvalue weighted by atomic mass is 10.0. The molecule has 0 saturated carbocycles. The monoisotopic (exact) mass is 450 g/mol. The molecule has 2 aromatic heterocycles. The summed E-state index contributed by atoms with van der Waals surface area (Å²) >= 11 is 1.78. The van der Waals surface area contributed by atoms with Gasteiger partial charge in [-0.05, 0) is 49.6 Å². The van der Waals surface area contributed by atoms with Crippen LogP contribution in [0.4, 0.5) is 5.69 Å². The van der Waals surface area contributed by atoms with Crippen LogP contribution in [-0.4, -0.2) is 69.7 Å². The molecule has 2 aliphatic rings. The van der Waals surface area contributed by atoms with Crippen molar-refractivity contribution in [2.45, 2.75) is 24.0 Å². The van der Waals surface area contributed by atoms with Gasteiger partial charge in [-0.25, -0.2) is 0 Å². The predicted molar refractivity (Wildman–Crippen MR) is 128 cm³/mol. The molecule has 0 radical (unpaired) electrons. The molecule has 8 heteroatoms. The van der Waals surface area contributed by atoms with E-state index in [4.69, 9.17) is 4.74 Å². The maximum absolute atomic E-state index is 5.43. The molecule has 3 aromatic rings. The molecule has 1 aromatic carbocycles. The number of methoxy groups -OCH3 is 1. The van der Waals surface area contributed by atoms with E-state index in [-0.39, 0.29) is 0 Å². The minimum Gasteiger partial charge on any atom is -0.497 e. The summed E-state index contributed by atoms with van der Waals surface area (Å²) in [6.07, 6.45) is 4.22. The number of pyridine rings is 1. The van der Waals surface area contributed by atoms with E-state index < -0.39 is 0 Å². The van der Waals surface area contributed by atoms with Gasteiger partial charge in [-0.15, -0.1) is 10.2 Å². The Kier molecular flexibility index (Phi) is 6.32. The molecule has 5 rings (SSSR count). The highest BCUT2D eigenvalue weighted by Gasteiger charge is 2.41. The van der Waals surface area contributed by atoms with Gasteiger partial charge < -0.3 is 19.1 Å². The van der Waals surface area contributed by atoms with Gasteiger partial charge in [0, 0.05) is 56.4 Å². The molecule has 2 aliphatic heterocycles. The van der Waals surface area contributed by atoms with E-state index in [9.17, 15) is 0 Å². The molecule has 0 amide bonds. The molecule has 0 spiro atoms. The first-order valence-corrected chi connectivity index (χ1v) is 12.3. The Morgan fingerprint density at radius 2 is 2.06 bits per heavy atom. The van der Waals surface area contributed by atoms with Gasteiger partial charge >= 0.3 is 0 Å². The number of nitrogens with zero attached hydrogens (tertiary/aromatic N) is 6. The van der Waals surface area contributed by atoms with Crippen molar-refractivity contribution in [3.8, 4) is 17.3 Å². The van der Waals surface area contributed by atoms with E-state index in [0.717, 1.165) is 60.2 Å². The number of thioether (sulfide) groups is 1. The molecule has 0 aliphatic carbocycles. The van der Waals surface area contributed by atoms with Crippen molar-refractivity contribution in [2.24, 2.45) is 13.0 Å². The summed E-state index contributed by atoms with van der Waals surface area (Å²) in [6.45, 7) is 4.65. The fraction of sp³-hybridized carbons (Fsp3) is 0.458. The Bertz CT molecular complexity index is 1040. The van der Waals surface area contributed by atoms with Crippen LogP contribution in [0.3, 0.4) is 0 Å². The van der Waals surface area contributed by atoms with Gasteiger partial charge in [0.05, 0.1) is 7.11 Å². The van der Waals surface area contributed by atoms with Crippen molar-refractivity contribution < 1.29 is 4.74 Å². The van der Waals surface area contributed by atoms with Crippen LogP contribution in [0.5, 0.6) is 5.75 Å². The quantitative estimate of drug-likeness (QED) is 0.384. The number of fused-ring (bicyclic) bond motifs is 1. The number of likely N-dealkylation sites (tertiary alicyclic amines) is 1. The van der Waals surface area contributed by atoms with Gasteiger partial charge in [-0.3, -0.25) is 4.98 Å². The lowest BCUT2D eigenvalue weighted by Gasteiger charge is -2.27. The summed E-state index contributed by atoms with van der Waals surface area (Å²) in [5.41, 5.74) is 2.15. The molecule has 7 nitrogen and oxygen atoms in total. The molecular formula is C24H30N6OS. The Morgan fingerprint density at radius 1 is 1.12 bits per heavy atom. The Labute approximate surface area is 193 Å². The highest BCUT2D eigenvalue weighted by atomic mass is 32.2. The van der Waals surface area contributed by atoms with Crippen molar-refractivity contribution in [1.82, 2.24) is 24.6 Å². The second kappa shape index (κ2) is 9.50. The summed E-state index contributed by atoms with van der Waals surface area (Å²) in [5, 5.41) is 9.66. The molecule has 2 fully saturated rings. The number of hydrogen-bond donors (Lipinski definition) is 0. The highest BCUT2D eigenvalue weighted by molar-refractivity contribution is 7.99. The summed E-state index contributed by atoms with van der Waals surface area (Å²) in [4.78, 5) is 9.61. The number of hydrogen-bond acceptors (Lipinski definition) is 7. The first-order chi connectivity index (χ1) is 15.7. The zero-order valence-corrected chi connectivity index (χ0v) is 19.5. The minimum atomic E-state index is 0.620. The second-order valence-corrected chi connectivity index (χ2v) is 9.61. The summed E-state index contributed by atoms with van der Waals surface area (Å²) in [7, 11) is 3.75. The van der Waals surface area contributed by atoms with Gasteiger partial charge in [0.25, 0.3) is 0 Å². The Morgan fingerprint density at radius 3 is 2.91 bits per heavy atom. The van der Waals surface area contributed by atoms with Crippen LogP contribution in [0.1, 0.15) is 12.8 Å². The largest absolute Gasteiger partial charge is 0.497 e. The smallest absolute Gasteiger partial charge is 0.191 e. The topological polar surface area (TPSA) is 59.3 Å². The molecule has 0 bridgehead atoms. The molecular weight excluding hydrogens is 420 g/mol. The molecule has 2 atom stereocenters. The standard InChI is InChI=1S/C24H30N6OS/c1-28-23(21-9-3-4-11-25-21)26-27-24(28)32-14-6-12-29-16-18-10-13-30(22(18)17-29)19-7-5-8-20(15-19)31-2/h3-5,7-9,11,15,18,22H,6,10,12-14,16-17H2,1-2H3. The molecule has 32 heavy (non-hydrogen) atoms. The van der Waals surface area contributed by atoms with Gasteiger partial charge in [0.1, 0.15) is 11.4 Å². The van der Waals surface area contributed by atoms with Crippen LogP contribution in [0.2, 0.25) is 0 Å². The van der Waals surface area contributed by atoms with Crippen molar-refractivity contribution in [3.05, 3.63) is 48.7 Å². The molecule has 2 saturated heterocycles. The number of benzene rings is 1. The third-order valence-electron chi connectivity index (χ3n) is 6.59. The van der Waals surface area contributed by atoms with E-state index in [2.05, 4.69) is 43.2 Å². The van der Waals surface area contributed by atoms with E-state index in [1.165, 1.54) is 18.7 Å². The fourth-order valence-corrected chi connectivity index (χ4v) is 5.79. The molecule has 168 valence electrons. The summed E-state index contributed by atoms with van der Waals surface area (Å²) in [5.74, 6) is 3.57. The van der Waals surface area contributed by atoms with Crippen molar-refractivity contribution >= 4 is 17.4 Å². The van der Waals surface area contributed by atoms with Gasteiger partial charge in [0.2, 0.25) is 0 Å². The van der Waals surface area contributed by atoms with Crippen LogP contribution in [-0.2, 0) is 7.05 Å². The SMILES string of the molecule is COc1cccc(N2CCC3CN(CCCSc4nnc(-c5ccccn5)n4C)CC32)c1. The first-order valence-electron chi connectivity index (χ1n) is 11.3. The fourth-order valence-electron chi connectivity index (χ4n) is 4.95. The van der Waals surface area contributed by atoms with Crippen LogP contribution >= 0.6 is 11.8 Å². The lowest BCUT2D eigenvalue weighted by molar-refractivity contribution is 0.319. The van der Waals surface area contributed by atoms with Crippen LogP contribution < -0.4 is 9.64 Å². The normalized spacial score (nSPS) is 20.6. The number of anilines is 1. The van der Waals surface area contributed by atoms with Gasteiger partial charge in [0.15, 0.2) is 11.0 Å². The predicted octanol–water partition coefficient (Wildman–Crippen LogP) is 3.58. The van der Waals surface area contributed by atoms with Crippen molar-refractivity contribution in [1.29, 1.82) is 0 Å². The number of rotatable bonds is 8. The highest BCUT2D eigenvalue weighted by Crippen LogP contribution is 2.36. The Balaban J connectivity index is 1.11. The second-order valence-electron chi connectivity index (χ2n) is 8.55. The van der Waals surface area contributed by atoms with Crippen LogP contribution in [0.25, 0.3) is 11.5 Å². The maximum Gasteiger partial charge on any atom is 0.191 e. The van der Waals surface area contributed by atoms with Gasteiger partial charge in [-0.1, -0.05) is 23.9 Å². The number of aromatic nitrogens is 4. The van der Waals surface area contributed by atoms with E-state index in [1.807, 2.05) is 35.9 Å². The van der Waals surface area contributed by atoms with Crippen molar-refractivity contribution in [3.63, 3.8) is 0 Å². The maximum atomic E-state index is 5.43. The van der Waals surface area contributed by atoms with E-state index >= 15 is 0 Å². The van der Waals surface area contributed by atoms with E-state index in [0.29, 0.717) is 6.04 Å². The minimum absolute atomic E-state index is 0.620. The summed E-state index contributed by atoms with van der Waals surface area (Å²) < 4.78 is 7.47. The first kappa shape index (κ1) is 21.3. The molecule has 0 N–H and O–H groups in total. The zero-order chi connectivity index (χ0) is 21.9. The average molecular weight is 451 g/mol.